The van der Waals surface area contributed by atoms with Crippen LogP contribution >= 0.6 is 0 Å². The Morgan fingerprint density at radius 2 is 2.28 bits per heavy atom. The second-order valence-electron chi connectivity index (χ2n) is 4.38. The number of carbonyl (C=O) groups is 2. The van der Waals surface area contributed by atoms with Crippen LogP contribution in [0.5, 0.6) is 0 Å². The van der Waals surface area contributed by atoms with Crippen molar-refractivity contribution in [2.45, 2.75) is 25.3 Å². The van der Waals surface area contributed by atoms with Gasteiger partial charge in [0, 0.05) is 6.04 Å². The van der Waals surface area contributed by atoms with Crippen molar-refractivity contribution in [1.82, 2.24) is 0 Å². The van der Waals surface area contributed by atoms with E-state index in [4.69, 9.17) is 10.8 Å². The Balaban J connectivity index is 2.39. The maximum atomic E-state index is 13.8. The summed E-state index contributed by atoms with van der Waals surface area (Å²) in [6.07, 6.45) is -0.284. The highest BCUT2D eigenvalue weighted by Gasteiger charge is 2.30. The summed E-state index contributed by atoms with van der Waals surface area (Å²) in [6, 6.07) is 1.98. The smallest absolute Gasteiger partial charge is 0.305 e. The average molecular weight is 252 g/mol. The Bertz CT molecular complexity index is 530. The van der Waals surface area contributed by atoms with Crippen LogP contribution in [0.2, 0.25) is 0 Å². The molecule has 0 fully saturated rings. The molecule has 2 atom stereocenters. The maximum absolute atomic E-state index is 13.8. The molecule has 0 saturated heterocycles. The second-order valence-corrected chi connectivity index (χ2v) is 4.38. The normalized spacial score (nSPS) is 19.3. The lowest BCUT2D eigenvalue weighted by atomic mass is 9.96. The predicted octanol–water partition coefficient (Wildman–Crippen LogP) is 1.36. The number of anilines is 1. The third-order valence-electron chi connectivity index (χ3n) is 3.07. The van der Waals surface area contributed by atoms with Crippen molar-refractivity contribution in [3.63, 3.8) is 0 Å². The van der Waals surface area contributed by atoms with Crippen LogP contribution < -0.4 is 11.1 Å². The number of nitrogens with two attached hydrogens (primary N) is 1. The fraction of sp³-hybridized carbons (Fsp3) is 0.333. The molecule has 1 aliphatic rings. The van der Waals surface area contributed by atoms with Crippen molar-refractivity contribution in [3.05, 3.63) is 29.1 Å². The first kappa shape index (κ1) is 12.5. The first-order chi connectivity index (χ1) is 8.40. The lowest BCUT2D eigenvalue weighted by molar-refractivity contribution is -0.137. The first-order valence-electron chi connectivity index (χ1n) is 5.51. The van der Waals surface area contributed by atoms with Crippen molar-refractivity contribution in [1.29, 1.82) is 0 Å². The second kappa shape index (κ2) is 4.38. The molecule has 6 heteroatoms. The number of halogens is 1. The molecule has 5 nitrogen and oxygen atoms in total. The van der Waals surface area contributed by atoms with Crippen LogP contribution in [0.25, 0.3) is 0 Å². The van der Waals surface area contributed by atoms with Gasteiger partial charge in [-0.1, -0.05) is 6.07 Å². The fourth-order valence-corrected chi connectivity index (χ4v) is 2.02. The number of carbonyl (C=O) groups excluding carboxylic acids is 1. The molecule has 0 bridgehead atoms. The van der Waals surface area contributed by atoms with E-state index in [1.807, 2.05) is 0 Å². The Morgan fingerprint density at radius 3 is 2.89 bits per heavy atom. The fourth-order valence-electron chi connectivity index (χ4n) is 2.02. The topological polar surface area (TPSA) is 92.4 Å². The Hall–Kier alpha value is -1.95. The Kier molecular flexibility index (Phi) is 3.04. The minimum atomic E-state index is -1.05. The Labute approximate surface area is 103 Å². The number of rotatable bonds is 3. The summed E-state index contributed by atoms with van der Waals surface area (Å²) in [5.41, 5.74) is 6.76. The number of fused-ring (bicyclic) bond motifs is 1. The van der Waals surface area contributed by atoms with Gasteiger partial charge in [-0.15, -0.1) is 0 Å². The molecule has 1 heterocycles. The van der Waals surface area contributed by atoms with E-state index in [-0.39, 0.29) is 18.0 Å². The molecule has 0 saturated carbocycles. The van der Waals surface area contributed by atoms with E-state index >= 15 is 0 Å². The van der Waals surface area contributed by atoms with Crippen LogP contribution in [0.15, 0.2) is 12.1 Å². The summed E-state index contributed by atoms with van der Waals surface area (Å²) >= 11 is 0. The van der Waals surface area contributed by atoms with Crippen LogP contribution in [-0.2, 0) is 9.59 Å². The van der Waals surface area contributed by atoms with Gasteiger partial charge in [0.2, 0.25) is 5.91 Å². The van der Waals surface area contributed by atoms with Gasteiger partial charge in [0.05, 0.1) is 18.0 Å². The van der Waals surface area contributed by atoms with Gasteiger partial charge in [0.15, 0.2) is 0 Å². The van der Waals surface area contributed by atoms with Crippen LogP contribution in [0.1, 0.15) is 36.4 Å². The highest BCUT2D eigenvalue weighted by Crippen LogP contribution is 2.36. The summed E-state index contributed by atoms with van der Waals surface area (Å²) in [6.45, 7) is 1.66. The molecule has 0 spiro atoms. The van der Waals surface area contributed by atoms with Gasteiger partial charge in [0.25, 0.3) is 0 Å². The predicted molar refractivity (Wildman–Crippen MR) is 62.6 cm³/mol. The van der Waals surface area contributed by atoms with Crippen LogP contribution in [0, 0.1) is 5.82 Å². The van der Waals surface area contributed by atoms with Crippen molar-refractivity contribution in [2.24, 2.45) is 5.73 Å². The van der Waals surface area contributed by atoms with Gasteiger partial charge in [-0.2, -0.15) is 0 Å². The zero-order valence-corrected chi connectivity index (χ0v) is 9.74. The van der Waals surface area contributed by atoms with Gasteiger partial charge in [-0.05, 0) is 24.1 Å². The van der Waals surface area contributed by atoms with Crippen LogP contribution in [-0.4, -0.2) is 17.0 Å². The molecule has 1 amide bonds. The molecule has 96 valence electrons. The quantitative estimate of drug-likeness (QED) is 0.757. The molecular formula is C12H13FN2O3. The van der Waals surface area contributed by atoms with Gasteiger partial charge >= 0.3 is 5.97 Å². The van der Waals surface area contributed by atoms with E-state index in [9.17, 15) is 14.0 Å². The lowest BCUT2D eigenvalue weighted by Crippen LogP contribution is -2.15. The minimum absolute atomic E-state index is 0.166. The van der Waals surface area contributed by atoms with E-state index in [1.165, 1.54) is 6.07 Å². The number of carboxylic acids is 1. The van der Waals surface area contributed by atoms with Crippen LogP contribution in [0.4, 0.5) is 10.1 Å². The summed E-state index contributed by atoms with van der Waals surface area (Å²) in [4.78, 5) is 22.0. The highest BCUT2D eigenvalue weighted by molar-refractivity contribution is 6.02. The summed E-state index contributed by atoms with van der Waals surface area (Å²) < 4.78 is 13.8. The number of hydrogen-bond donors (Lipinski definition) is 3. The van der Waals surface area contributed by atoms with E-state index in [0.717, 1.165) is 0 Å². The minimum Gasteiger partial charge on any atom is -0.481 e. The zero-order chi connectivity index (χ0) is 13.4. The molecule has 1 aliphatic heterocycles. The van der Waals surface area contributed by atoms with Gasteiger partial charge in [0.1, 0.15) is 5.82 Å². The van der Waals surface area contributed by atoms with Crippen molar-refractivity contribution >= 4 is 17.6 Å². The summed E-state index contributed by atoms with van der Waals surface area (Å²) in [5.74, 6) is -2.36. The monoisotopic (exact) mass is 252 g/mol. The molecule has 4 N–H and O–H groups in total. The molecule has 0 radical (unpaired) electrons. The molecular weight excluding hydrogens is 239 g/mol. The van der Waals surface area contributed by atoms with Gasteiger partial charge < -0.3 is 16.2 Å². The highest BCUT2D eigenvalue weighted by atomic mass is 19.1. The molecule has 18 heavy (non-hydrogen) atoms. The van der Waals surface area contributed by atoms with Gasteiger partial charge in [-0.3, -0.25) is 9.59 Å². The zero-order valence-electron chi connectivity index (χ0n) is 9.74. The molecule has 0 aromatic heterocycles. The van der Waals surface area contributed by atoms with E-state index in [1.54, 1.807) is 13.0 Å². The van der Waals surface area contributed by atoms with E-state index in [0.29, 0.717) is 11.1 Å². The average Bonchev–Trinajstić information content (AvgIpc) is 2.56. The number of aliphatic carboxylic acids is 1. The van der Waals surface area contributed by atoms with E-state index in [2.05, 4.69) is 5.32 Å². The number of nitrogens with one attached hydrogen (secondary N) is 1. The molecule has 1 aromatic carbocycles. The third kappa shape index (κ3) is 2.06. The molecule has 2 rings (SSSR count). The SMILES string of the molecule is CC1C(=O)Nc2c(F)cc(C(N)CC(=O)O)cc21. The number of carboxylic acid groups (broad SMARTS) is 1. The van der Waals surface area contributed by atoms with Gasteiger partial charge in [-0.25, -0.2) is 4.39 Å². The standard InChI is InChI=1S/C12H13FN2O3/c1-5-7-2-6(9(14)4-10(16)17)3-8(13)11(7)15-12(5)18/h2-3,5,9H,4,14H2,1H3,(H,15,18)(H,16,17). The number of benzene rings is 1. The molecule has 0 aliphatic carbocycles. The Morgan fingerprint density at radius 1 is 1.61 bits per heavy atom. The van der Waals surface area contributed by atoms with Crippen LogP contribution in [0.3, 0.4) is 0 Å². The summed E-state index contributed by atoms with van der Waals surface area (Å²) in [7, 11) is 0. The number of amides is 1. The van der Waals surface area contributed by atoms with E-state index < -0.39 is 23.7 Å². The lowest BCUT2D eigenvalue weighted by Gasteiger charge is -2.12. The van der Waals surface area contributed by atoms with Crippen molar-refractivity contribution in [2.75, 3.05) is 5.32 Å². The molecule has 2 unspecified atom stereocenters. The first-order valence-corrected chi connectivity index (χ1v) is 5.51. The largest absolute Gasteiger partial charge is 0.481 e. The summed E-state index contributed by atoms with van der Waals surface area (Å²) in [5, 5.41) is 11.1. The number of hydrogen-bond acceptors (Lipinski definition) is 3. The molecule has 1 aromatic rings. The maximum Gasteiger partial charge on any atom is 0.305 e. The van der Waals surface area contributed by atoms with Crippen molar-refractivity contribution in [3.8, 4) is 0 Å². The van der Waals surface area contributed by atoms with Crippen molar-refractivity contribution < 1.29 is 19.1 Å². The third-order valence-corrected chi connectivity index (χ3v) is 3.07.